The summed E-state index contributed by atoms with van der Waals surface area (Å²) in [6, 6.07) is 4.56. The Hall–Kier alpha value is -1.64. The minimum atomic E-state index is -3.68. The molecule has 8 heteroatoms. The highest BCUT2D eigenvalue weighted by Crippen LogP contribution is 2.13. The van der Waals surface area contributed by atoms with Crippen LogP contribution in [0.3, 0.4) is 0 Å². The third-order valence-electron chi connectivity index (χ3n) is 2.50. The zero-order valence-electron chi connectivity index (χ0n) is 10.4. The molecule has 7 nitrogen and oxygen atoms in total. The van der Waals surface area contributed by atoms with Crippen LogP contribution in [0.15, 0.2) is 33.9 Å². The lowest BCUT2D eigenvalue weighted by Crippen LogP contribution is -2.25. The number of hydrogen-bond acceptors (Lipinski definition) is 5. The van der Waals surface area contributed by atoms with Crippen LogP contribution in [0, 0.1) is 0 Å². The summed E-state index contributed by atoms with van der Waals surface area (Å²) in [6.07, 6.45) is 2.29. The molecule has 0 unspecified atom stereocenters. The molecule has 0 aliphatic heterocycles. The van der Waals surface area contributed by atoms with Crippen molar-refractivity contribution in [3.05, 3.63) is 35.9 Å². The molecule has 0 aliphatic rings. The van der Waals surface area contributed by atoms with Crippen LogP contribution in [-0.4, -0.2) is 29.8 Å². The molecule has 2 heterocycles. The highest BCUT2D eigenvalue weighted by Gasteiger charge is 2.18. The number of hydrogen-bond donors (Lipinski definition) is 2. The summed E-state index contributed by atoms with van der Waals surface area (Å²) in [4.78, 5) is 0. The molecular weight excluding hydrogens is 270 g/mol. The predicted octanol–water partition coefficient (Wildman–Crippen LogP) is 0.0264. The van der Waals surface area contributed by atoms with Gasteiger partial charge in [-0.3, -0.25) is 4.68 Å². The summed E-state index contributed by atoms with van der Waals surface area (Å²) in [5.74, 6) is 0.213. The van der Waals surface area contributed by atoms with E-state index in [1.54, 1.807) is 17.9 Å². The lowest BCUT2D eigenvalue weighted by Gasteiger charge is -2.02. The molecule has 0 spiro atoms. The van der Waals surface area contributed by atoms with Crippen molar-refractivity contribution in [1.29, 1.82) is 0 Å². The van der Waals surface area contributed by atoms with Gasteiger partial charge in [-0.1, -0.05) is 0 Å². The zero-order chi connectivity index (χ0) is 13.9. The SMILES string of the molecule is Cn1ccc(CCNS(=O)(=O)c2ccc(CO)o2)n1. The standard InChI is InChI=1S/C11H15N3O4S/c1-14-7-5-9(13-14)4-6-12-19(16,17)11-3-2-10(8-15)18-11/h2-3,5,7,12,15H,4,6,8H2,1H3. The van der Waals surface area contributed by atoms with Crippen LogP contribution in [0.25, 0.3) is 0 Å². The summed E-state index contributed by atoms with van der Waals surface area (Å²) in [5.41, 5.74) is 0.806. The maximum atomic E-state index is 11.8. The molecule has 0 radical (unpaired) electrons. The number of aryl methyl sites for hydroxylation is 1. The lowest BCUT2D eigenvalue weighted by molar-refractivity contribution is 0.236. The van der Waals surface area contributed by atoms with E-state index in [9.17, 15) is 8.42 Å². The highest BCUT2D eigenvalue weighted by atomic mass is 32.2. The zero-order valence-corrected chi connectivity index (χ0v) is 11.2. The van der Waals surface area contributed by atoms with Crippen molar-refractivity contribution in [2.75, 3.05) is 6.54 Å². The van der Waals surface area contributed by atoms with Crippen molar-refractivity contribution in [3.8, 4) is 0 Å². The lowest BCUT2D eigenvalue weighted by atomic mass is 10.3. The molecule has 0 saturated carbocycles. The molecule has 0 fully saturated rings. The van der Waals surface area contributed by atoms with Crippen molar-refractivity contribution in [2.24, 2.45) is 7.05 Å². The molecule has 0 aliphatic carbocycles. The topological polar surface area (TPSA) is 97.4 Å². The molecule has 0 amide bonds. The van der Waals surface area contributed by atoms with Gasteiger partial charge in [0.15, 0.2) is 0 Å². The number of sulfonamides is 1. The second kappa shape index (κ2) is 5.55. The molecule has 0 atom stereocenters. The van der Waals surface area contributed by atoms with Crippen molar-refractivity contribution >= 4 is 10.0 Å². The largest absolute Gasteiger partial charge is 0.446 e. The first kappa shape index (κ1) is 13.8. The van der Waals surface area contributed by atoms with Gasteiger partial charge in [0, 0.05) is 26.2 Å². The predicted molar refractivity (Wildman–Crippen MR) is 66.7 cm³/mol. The summed E-state index contributed by atoms with van der Waals surface area (Å²) in [5, 5.41) is 12.8. The Morgan fingerprint density at radius 2 is 2.21 bits per heavy atom. The van der Waals surface area contributed by atoms with E-state index in [0.29, 0.717) is 6.42 Å². The van der Waals surface area contributed by atoms with E-state index in [-0.39, 0.29) is 24.0 Å². The van der Waals surface area contributed by atoms with E-state index in [2.05, 4.69) is 9.82 Å². The van der Waals surface area contributed by atoms with E-state index < -0.39 is 10.0 Å². The van der Waals surface area contributed by atoms with Crippen LogP contribution in [-0.2, 0) is 30.1 Å². The fourth-order valence-electron chi connectivity index (χ4n) is 1.57. The van der Waals surface area contributed by atoms with Crippen molar-refractivity contribution in [2.45, 2.75) is 18.1 Å². The fraction of sp³-hybridized carbons (Fsp3) is 0.364. The van der Waals surface area contributed by atoms with Gasteiger partial charge in [-0.15, -0.1) is 0 Å². The minimum absolute atomic E-state index is 0.197. The molecule has 2 rings (SSSR count). The summed E-state index contributed by atoms with van der Waals surface area (Å²) in [7, 11) is -1.88. The molecule has 2 aromatic heterocycles. The van der Waals surface area contributed by atoms with Crippen molar-refractivity contribution in [3.63, 3.8) is 0 Å². The smallest absolute Gasteiger partial charge is 0.273 e. The van der Waals surface area contributed by atoms with Crippen LogP contribution in [0.5, 0.6) is 0 Å². The number of furan rings is 1. The Morgan fingerprint density at radius 1 is 1.42 bits per heavy atom. The second-order valence-electron chi connectivity index (χ2n) is 4.01. The number of aromatic nitrogens is 2. The summed E-state index contributed by atoms with van der Waals surface area (Å²) < 4.78 is 32.7. The van der Waals surface area contributed by atoms with Crippen LogP contribution in [0.2, 0.25) is 0 Å². The van der Waals surface area contributed by atoms with Crippen LogP contribution in [0.1, 0.15) is 11.5 Å². The van der Waals surface area contributed by atoms with Crippen molar-refractivity contribution < 1.29 is 17.9 Å². The third-order valence-corrected chi connectivity index (χ3v) is 3.83. The van der Waals surface area contributed by atoms with Crippen molar-refractivity contribution in [1.82, 2.24) is 14.5 Å². The molecule has 0 bridgehead atoms. The van der Waals surface area contributed by atoms with Gasteiger partial charge >= 0.3 is 0 Å². The number of nitrogens with one attached hydrogen (secondary N) is 1. The first-order chi connectivity index (χ1) is 9.01. The van der Waals surface area contributed by atoms with Gasteiger partial charge in [0.1, 0.15) is 12.4 Å². The first-order valence-electron chi connectivity index (χ1n) is 5.69. The summed E-state index contributed by atoms with van der Waals surface area (Å²) in [6.45, 7) is -0.0992. The monoisotopic (exact) mass is 285 g/mol. The number of rotatable bonds is 6. The minimum Gasteiger partial charge on any atom is -0.446 e. The highest BCUT2D eigenvalue weighted by molar-refractivity contribution is 7.89. The Balaban J connectivity index is 1.94. The van der Waals surface area contributed by atoms with Crippen LogP contribution in [0.4, 0.5) is 0 Å². The van der Waals surface area contributed by atoms with Gasteiger partial charge in [0.2, 0.25) is 5.09 Å². The average molecular weight is 285 g/mol. The Labute approximate surface area is 110 Å². The van der Waals surface area contributed by atoms with E-state index in [0.717, 1.165) is 5.69 Å². The number of aliphatic hydroxyl groups is 1. The van der Waals surface area contributed by atoms with Gasteiger partial charge < -0.3 is 9.52 Å². The Kier molecular flexibility index (Phi) is 4.03. The van der Waals surface area contributed by atoms with Gasteiger partial charge in [-0.25, -0.2) is 13.1 Å². The Morgan fingerprint density at radius 3 is 2.79 bits per heavy atom. The van der Waals surface area contributed by atoms with Crippen LogP contribution >= 0.6 is 0 Å². The van der Waals surface area contributed by atoms with E-state index in [4.69, 9.17) is 9.52 Å². The molecule has 104 valence electrons. The Bertz CT molecular complexity index is 644. The van der Waals surface area contributed by atoms with Gasteiger partial charge in [0.05, 0.1) is 5.69 Å². The number of aliphatic hydroxyl groups excluding tert-OH is 1. The molecule has 2 N–H and O–H groups in total. The maximum absolute atomic E-state index is 11.8. The average Bonchev–Trinajstić information content (AvgIpc) is 2.98. The van der Waals surface area contributed by atoms with Gasteiger partial charge in [0.25, 0.3) is 10.0 Å². The molecule has 19 heavy (non-hydrogen) atoms. The number of nitrogens with zero attached hydrogens (tertiary/aromatic N) is 2. The van der Waals surface area contributed by atoms with Crippen LogP contribution < -0.4 is 4.72 Å². The van der Waals surface area contributed by atoms with E-state index >= 15 is 0 Å². The molecule has 0 saturated heterocycles. The first-order valence-corrected chi connectivity index (χ1v) is 7.17. The van der Waals surface area contributed by atoms with Gasteiger partial charge in [-0.2, -0.15) is 5.10 Å². The maximum Gasteiger partial charge on any atom is 0.273 e. The molecule has 0 aromatic carbocycles. The third kappa shape index (κ3) is 3.43. The normalized spacial score (nSPS) is 11.9. The molecular formula is C11H15N3O4S. The summed E-state index contributed by atoms with van der Waals surface area (Å²) >= 11 is 0. The fourth-order valence-corrected chi connectivity index (χ4v) is 2.55. The van der Waals surface area contributed by atoms with Gasteiger partial charge in [-0.05, 0) is 18.2 Å². The quantitative estimate of drug-likeness (QED) is 0.780. The van der Waals surface area contributed by atoms with E-state index in [1.807, 2.05) is 6.07 Å². The van der Waals surface area contributed by atoms with E-state index in [1.165, 1.54) is 12.1 Å². The molecule has 2 aromatic rings. The second-order valence-corrected chi connectivity index (χ2v) is 5.71.